The van der Waals surface area contributed by atoms with E-state index in [0.29, 0.717) is 43.4 Å². The molecule has 2 aromatic carbocycles. The van der Waals surface area contributed by atoms with E-state index in [-0.39, 0.29) is 5.78 Å². The van der Waals surface area contributed by atoms with Crippen LogP contribution in [0.1, 0.15) is 22.0 Å². The van der Waals surface area contributed by atoms with Crippen LogP contribution in [-0.4, -0.2) is 76.0 Å². The number of carbonyl (C=O) groups excluding carboxylic acids is 3. The highest BCUT2D eigenvalue weighted by molar-refractivity contribution is 6.44. The second-order valence-electron chi connectivity index (χ2n) is 8.26. The number of Topliss-reactive ketones (excluding diaryl/α,β-unsaturated/α-hetero) is 2. The first-order chi connectivity index (χ1) is 16.0. The molecule has 4 rings (SSSR count). The van der Waals surface area contributed by atoms with Gasteiger partial charge >= 0.3 is 0 Å². The Morgan fingerprint density at radius 1 is 0.970 bits per heavy atom. The van der Waals surface area contributed by atoms with Crippen molar-refractivity contribution in [2.45, 2.75) is 6.04 Å². The zero-order valence-electron chi connectivity index (χ0n) is 18.9. The maximum atomic E-state index is 13.5. The molecular formula is C25H29N2O6+. The predicted molar refractivity (Wildman–Crippen MR) is 120 cm³/mol. The van der Waals surface area contributed by atoms with Gasteiger partial charge in [0, 0.05) is 5.56 Å². The Labute approximate surface area is 193 Å². The number of hydrogen-bond donors (Lipinski definition) is 1. The van der Waals surface area contributed by atoms with Gasteiger partial charge in [-0.25, -0.2) is 0 Å². The van der Waals surface area contributed by atoms with E-state index in [1.807, 2.05) is 12.1 Å². The van der Waals surface area contributed by atoms with Gasteiger partial charge in [-0.15, -0.1) is 0 Å². The van der Waals surface area contributed by atoms with E-state index in [2.05, 4.69) is 0 Å². The molecule has 0 aliphatic carbocycles. The summed E-state index contributed by atoms with van der Waals surface area (Å²) in [6.45, 7) is 4.17. The summed E-state index contributed by atoms with van der Waals surface area (Å²) < 4.78 is 15.8. The summed E-state index contributed by atoms with van der Waals surface area (Å²) in [5, 5.41) is 0. The van der Waals surface area contributed by atoms with Gasteiger partial charge in [-0.3, -0.25) is 14.4 Å². The Morgan fingerprint density at radius 3 is 2.12 bits per heavy atom. The van der Waals surface area contributed by atoms with Crippen molar-refractivity contribution in [3.63, 3.8) is 0 Å². The number of methoxy groups -OCH3 is 2. The molecule has 1 amide bonds. The van der Waals surface area contributed by atoms with Crippen LogP contribution >= 0.6 is 0 Å². The first kappa shape index (κ1) is 22.9. The number of nitrogens with zero attached hydrogens (tertiary/aromatic N) is 1. The predicted octanol–water partition coefficient (Wildman–Crippen LogP) is 0.570. The summed E-state index contributed by atoms with van der Waals surface area (Å²) in [5.74, 6) is -1.44. The lowest BCUT2D eigenvalue weighted by atomic mass is 9.86. The number of likely N-dealkylation sites (tertiary alicyclic amines) is 1. The lowest BCUT2D eigenvalue weighted by Gasteiger charge is -2.30. The molecule has 174 valence electrons. The molecule has 0 spiro atoms. The first-order valence-electron chi connectivity index (χ1n) is 11.1. The molecule has 2 aromatic rings. The number of nitrogens with one attached hydrogen (secondary N) is 1. The van der Waals surface area contributed by atoms with E-state index in [1.165, 1.54) is 4.90 Å². The zero-order chi connectivity index (χ0) is 23.4. The minimum absolute atomic E-state index is 0.363. The maximum absolute atomic E-state index is 13.5. The molecule has 33 heavy (non-hydrogen) atoms. The normalized spacial score (nSPS) is 21.3. The average Bonchev–Trinajstić information content (AvgIpc) is 3.12. The van der Waals surface area contributed by atoms with Gasteiger partial charge < -0.3 is 24.0 Å². The summed E-state index contributed by atoms with van der Waals surface area (Å²) in [4.78, 5) is 42.6. The van der Waals surface area contributed by atoms with Crippen LogP contribution in [0.3, 0.4) is 0 Å². The van der Waals surface area contributed by atoms with E-state index in [1.54, 1.807) is 55.5 Å². The van der Waals surface area contributed by atoms with Crippen molar-refractivity contribution in [3.05, 3.63) is 59.7 Å². The van der Waals surface area contributed by atoms with Crippen LogP contribution in [0, 0.1) is 5.92 Å². The highest BCUT2D eigenvalue weighted by atomic mass is 16.5. The van der Waals surface area contributed by atoms with Crippen LogP contribution < -0.4 is 14.4 Å². The number of ketones is 2. The fraction of sp³-hybridized carbons (Fsp3) is 0.400. The fourth-order valence-corrected chi connectivity index (χ4v) is 4.52. The number of ether oxygens (including phenoxy) is 3. The Balaban J connectivity index is 1.65. The second kappa shape index (κ2) is 10.1. The Morgan fingerprint density at radius 2 is 1.55 bits per heavy atom. The maximum Gasteiger partial charge on any atom is 0.291 e. The van der Waals surface area contributed by atoms with Crippen LogP contribution in [0.4, 0.5) is 0 Å². The van der Waals surface area contributed by atoms with Crippen LogP contribution in [0.25, 0.3) is 0 Å². The van der Waals surface area contributed by atoms with Gasteiger partial charge in [0.2, 0.25) is 5.78 Å². The molecular weight excluding hydrogens is 424 g/mol. The monoisotopic (exact) mass is 453 g/mol. The third-order valence-corrected chi connectivity index (χ3v) is 6.43. The summed E-state index contributed by atoms with van der Waals surface area (Å²) >= 11 is 0. The molecule has 0 bridgehead atoms. The molecule has 1 N–H and O–H groups in total. The Kier molecular flexibility index (Phi) is 7.05. The van der Waals surface area contributed by atoms with Gasteiger partial charge in [-0.05, 0) is 42.0 Å². The largest absolute Gasteiger partial charge is 0.497 e. The van der Waals surface area contributed by atoms with Crippen molar-refractivity contribution in [1.29, 1.82) is 0 Å². The number of morpholine rings is 1. The molecule has 8 heteroatoms. The number of carbonyl (C=O) groups is 3. The van der Waals surface area contributed by atoms with E-state index < -0.39 is 23.7 Å². The van der Waals surface area contributed by atoms with E-state index in [4.69, 9.17) is 14.2 Å². The zero-order valence-corrected chi connectivity index (χ0v) is 18.9. The fourth-order valence-electron chi connectivity index (χ4n) is 4.52. The van der Waals surface area contributed by atoms with Gasteiger partial charge in [0.05, 0.1) is 46.6 Å². The van der Waals surface area contributed by atoms with Gasteiger partial charge in [-0.1, -0.05) is 12.1 Å². The molecule has 2 aliphatic rings. The molecule has 2 atom stereocenters. The summed E-state index contributed by atoms with van der Waals surface area (Å²) in [6, 6.07) is 13.1. The van der Waals surface area contributed by atoms with Crippen molar-refractivity contribution >= 4 is 17.5 Å². The number of amides is 1. The molecule has 2 saturated heterocycles. The first-order valence-corrected chi connectivity index (χ1v) is 11.1. The summed E-state index contributed by atoms with van der Waals surface area (Å²) in [5.41, 5.74) is 1.11. The highest BCUT2D eigenvalue weighted by Gasteiger charge is 2.51. The smallest absolute Gasteiger partial charge is 0.291 e. The van der Waals surface area contributed by atoms with Crippen LogP contribution in [0.15, 0.2) is 48.5 Å². The molecule has 2 heterocycles. The standard InChI is InChI=1S/C25H28N2O6/c1-31-19-7-3-17(4-8-19)22-21(23(28)18-5-9-20(32-2)10-6-18)24(29)25(30)27(22)12-11-26-13-15-33-16-14-26/h3-10,21-22H,11-16H2,1-2H3/p+1. The van der Waals surface area contributed by atoms with Gasteiger partial charge in [0.1, 0.15) is 30.5 Å². The van der Waals surface area contributed by atoms with Crippen molar-refractivity contribution in [2.75, 3.05) is 53.6 Å². The quantitative estimate of drug-likeness (QED) is 0.357. The lowest BCUT2D eigenvalue weighted by Crippen LogP contribution is -3.14. The lowest BCUT2D eigenvalue weighted by molar-refractivity contribution is -0.907. The minimum Gasteiger partial charge on any atom is -0.497 e. The van der Waals surface area contributed by atoms with E-state index >= 15 is 0 Å². The molecule has 2 fully saturated rings. The Hall–Kier alpha value is -3.23. The Bertz CT molecular complexity index is 999. The minimum atomic E-state index is -1.10. The third-order valence-electron chi connectivity index (χ3n) is 6.43. The van der Waals surface area contributed by atoms with Crippen LogP contribution in [0.2, 0.25) is 0 Å². The summed E-state index contributed by atoms with van der Waals surface area (Å²) in [7, 11) is 3.12. The number of rotatable bonds is 8. The molecule has 2 aliphatic heterocycles. The van der Waals surface area contributed by atoms with Crippen molar-refractivity contribution < 1.29 is 33.5 Å². The van der Waals surface area contributed by atoms with Gasteiger partial charge in [-0.2, -0.15) is 0 Å². The van der Waals surface area contributed by atoms with E-state index in [0.717, 1.165) is 18.7 Å². The number of benzene rings is 2. The molecule has 0 saturated carbocycles. The molecule has 8 nitrogen and oxygen atoms in total. The van der Waals surface area contributed by atoms with Crippen LogP contribution in [-0.2, 0) is 14.3 Å². The topological polar surface area (TPSA) is 86.6 Å². The number of quaternary nitrogens is 1. The third kappa shape index (κ3) is 4.77. The van der Waals surface area contributed by atoms with Crippen molar-refractivity contribution in [2.24, 2.45) is 5.92 Å². The molecule has 0 radical (unpaired) electrons. The van der Waals surface area contributed by atoms with Crippen LogP contribution in [0.5, 0.6) is 11.5 Å². The van der Waals surface area contributed by atoms with Gasteiger partial charge in [0.15, 0.2) is 5.78 Å². The van der Waals surface area contributed by atoms with Crippen molar-refractivity contribution in [3.8, 4) is 11.5 Å². The summed E-state index contributed by atoms with van der Waals surface area (Å²) in [6.07, 6.45) is 0. The van der Waals surface area contributed by atoms with Gasteiger partial charge in [0.25, 0.3) is 5.91 Å². The highest BCUT2D eigenvalue weighted by Crippen LogP contribution is 2.38. The number of hydrogen-bond acceptors (Lipinski definition) is 6. The second-order valence-corrected chi connectivity index (χ2v) is 8.26. The molecule has 2 unspecified atom stereocenters. The molecule has 0 aromatic heterocycles. The van der Waals surface area contributed by atoms with Crippen molar-refractivity contribution in [1.82, 2.24) is 4.90 Å². The van der Waals surface area contributed by atoms with E-state index in [9.17, 15) is 14.4 Å². The average molecular weight is 454 g/mol. The SMILES string of the molecule is COc1ccc(C(=O)C2C(=O)C(=O)N(CC[NH+]3CCOCC3)C2c2ccc(OC)cc2)cc1.